The molecule has 0 nitrogen and oxygen atoms in total. The lowest BCUT2D eigenvalue weighted by molar-refractivity contribution is 1.32. The maximum absolute atomic E-state index is 3.76. The van der Waals surface area contributed by atoms with Gasteiger partial charge in [-0.15, -0.1) is 23.5 Å². The molecule has 0 fully saturated rings. The lowest BCUT2D eigenvalue weighted by Crippen LogP contribution is -1.77. The number of hydrogen-bond acceptors (Lipinski definition) is 2. The van der Waals surface area contributed by atoms with Gasteiger partial charge in [-0.2, -0.15) is 0 Å². The van der Waals surface area contributed by atoms with Gasteiger partial charge in [-0.1, -0.05) is 12.7 Å². The summed E-state index contributed by atoms with van der Waals surface area (Å²) in [7, 11) is 0. The first-order valence-corrected chi connectivity index (χ1v) is 6.10. The second-order valence-electron chi connectivity index (χ2n) is 2.35. The summed E-state index contributed by atoms with van der Waals surface area (Å²) >= 11 is 3.53. The predicted molar refractivity (Wildman–Crippen MR) is 60.1 cm³/mol. The Morgan fingerprint density at radius 1 is 1.08 bits per heavy atom. The number of thioether (sulfide) groups is 2. The van der Waals surface area contributed by atoms with E-state index in [-0.39, 0.29) is 0 Å². The minimum absolute atomic E-state index is 1.20. The fraction of sp³-hybridized carbons (Fsp3) is 0.200. The van der Waals surface area contributed by atoms with Crippen LogP contribution in [0.15, 0.2) is 34.6 Å². The van der Waals surface area contributed by atoms with Crippen LogP contribution < -0.4 is 0 Å². The maximum Gasteiger partial charge on any atom is 0.00862 e. The molecule has 0 aliphatic rings. The van der Waals surface area contributed by atoms with Gasteiger partial charge in [0.05, 0.1) is 0 Å². The monoisotopic (exact) mass is 196 g/mol. The summed E-state index contributed by atoms with van der Waals surface area (Å²) in [5.74, 6) is 0. The molecule has 64 valence electrons. The molecule has 1 aromatic rings. The van der Waals surface area contributed by atoms with Crippen LogP contribution in [0.1, 0.15) is 5.56 Å². The highest BCUT2D eigenvalue weighted by Gasteiger charge is 1.96. The van der Waals surface area contributed by atoms with Crippen molar-refractivity contribution in [3.8, 4) is 0 Å². The van der Waals surface area contributed by atoms with Crippen LogP contribution in [0.5, 0.6) is 0 Å². The normalized spacial score (nSPS) is 9.83. The van der Waals surface area contributed by atoms with E-state index in [0.29, 0.717) is 0 Å². The van der Waals surface area contributed by atoms with Gasteiger partial charge >= 0.3 is 0 Å². The van der Waals surface area contributed by atoms with E-state index in [9.17, 15) is 0 Å². The summed E-state index contributed by atoms with van der Waals surface area (Å²) in [4.78, 5) is 2.61. The summed E-state index contributed by atoms with van der Waals surface area (Å²) in [5, 5.41) is 0. The van der Waals surface area contributed by atoms with Crippen molar-refractivity contribution in [1.82, 2.24) is 0 Å². The molecule has 0 N–H and O–H groups in total. The second kappa shape index (κ2) is 4.63. The van der Waals surface area contributed by atoms with Gasteiger partial charge in [0.25, 0.3) is 0 Å². The molecular formula is C10H12S2. The van der Waals surface area contributed by atoms with E-state index in [1.54, 1.807) is 23.5 Å². The quantitative estimate of drug-likeness (QED) is 0.675. The largest absolute Gasteiger partial charge is 0.130 e. The van der Waals surface area contributed by atoms with Crippen LogP contribution in [-0.4, -0.2) is 12.5 Å². The summed E-state index contributed by atoms with van der Waals surface area (Å²) in [6.45, 7) is 3.76. The van der Waals surface area contributed by atoms with Crippen molar-refractivity contribution in [3.05, 3.63) is 30.3 Å². The van der Waals surface area contributed by atoms with Crippen LogP contribution in [0.3, 0.4) is 0 Å². The van der Waals surface area contributed by atoms with Crippen molar-refractivity contribution >= 4 is 29.6 Å². The highest BCUT2D eigenvalue weighted by atomic mass is 32.2. The van der Waals surface area contributed by atoms with Crippen molar-refractivity contribution in [2.75, 3.05) is 12.5 Å². The molecule has 0 aliphatic carbocycles. The molecule has 0 aromatic heterocycles. The summed E-state index contributed by atoms with van der Waals surface area (Å²) in [6, 6.07) is 6.50. The van der Waals surface area contributed by atoms with Crippen molar-refractivity contribution in [1.29, 1.82) is 0 Å². The van der Waals surface area contributed by atoms with Gasteiger partial charge in [0.1, 0.15) is 0 Å². The summed E-state index contributed by atoms with van der Waals surface area (Å²) in [6.07, 6.45) is 6.07. The van der Waals surface area contributed by atoms with Crippen LogP contribution >= 0.6 is 23.5 Å². The van der Waals surface area contributed by atoms with Crippen molar-refractivity contribution < 1.29 is 0 Å². The zero-order valence-electron chi connectivity index (χ0n) is 7.33. The van der Waals surface area contributed by atoms with Crippen molar-refractivity contribution in [2.24, 2.45) is 0 Å². The molecule has 1 rings (SSSR count). The van der Waals surface area contributed by atoms with E-state index in [1.165, 1.54) is 15.4 Å². The third kappa shape index (κ3) is 2.32. The maximum atomic E-state index is 3.76. The molecule has 0 bridgehead atoms. The van der Waals surface area contributed by atoms with Gasteiger partial charge in [0, 0.05) is 9.79 Å². The van der Waals surface area contributed by atoms with E-state index in [0.717, 1.165) is 0 Å². The standard InChI is InChI=1S/C10H12S2/c1-4-8-5-9(11-2)7-10(6-8)12-3/h4-7H,1H2,2-3H3. The topological polar surface area (TPSA) is 0 Å². The Balaban J connectivity index is 3.09. The number of benzene rings is 1. The molecule has 0 aliphatic heterocycles. The number of rotatable bonds is 3. The first kappa shape index (κ1) is 9.75. The Morgan fingerprint density at radius 3 is 1.92 bits per heavy atom. The van der Waals surface area contributed by atoms with Gasteiger partial charge in [0.2, 0.25) is 0 Å². The molecule has 0 unspecified atom stereocenters. The highest BCUT2D eigenvalue weighted by molar-refractivity contribution is 7.99. The molecule has 12 heavy (non-hydrogen) atoms. The molecule has 0 amide bonds. The van der Waals surface area contributed by atoms with Crippen LogP contribution in [0.4, 0.5) is 0 Å². The Kier molecular flexibility index (Phi) is 3.76. The first-order valence-electron chi connectivity index (χ1n) is 3.65. The molecular weight excluding hydrogens is 184 g/mol. The zero-order valence-corrected chi connectivity index (χ0v) is 8.97. The van der Waals surface area contributed by atoms with Crippen molar-refractivity contribution in [3.63, 3.8) is 0 Å². The first-order chi connectivity index (χ1) is 5.80. The second-order valence-corrected chi connectivity index (χ2v) is 4.11. The molecule has 0 heterocycles. The molecule has 1 aromatic carbocycles. The Bertz CT molecular complexity index is 257. The van der Waals surface area contributed by atoms with Crippen LogP contribution in [0.25, 0.3) is 6.08 Å². The molecule has 0 spiro atoms. The molecule has 0 radical (unpaired) electrons. The molecule has 0 saturated heterocycles. The Morgan fingerprint density at radius 2 is 1.58 bits per heavy atom. The van der Waals surface area contributed by atoms with Crippen molar-refractivity contribution in [2.45, 2.75) is 9.79 Å². The van der Waals surface area contributed by atoms with E-state index >= 15 is 0 Å². The van der Waals surface area contributed by atoms with E-state index in [2.05, 4.69) is 37.3 Å². The van der Waals surface area contributed by atoms with Crippen LogP contribution in [0, 0.1) is 0 Å². The highest BCUT2D eigenvalue weighted by Crippen LogP contribution is 2.24. The fourth-order valence-electron chi connectivity index (χ4n) is 0.947. The van der Waals surface area contributed by atoms with E-state index < -0.39 is 0 Å². The van der Waals surface area contributed by atoms with E-state index in [1.807, 2.05) is 6.08 Å². The minimum Gasteiger partial charge on any atom is -0.130 e. The summed E-state index contributed by atoms with van der Waals surface area (Å²) in [5.41, 5.74) is 1.20. The van der Waals surface area contributed by atoms with Gasteiger partial charge in [0.15, 0.2) is 0 Å². The minimum atomic E-state index is 1.20. The molecule has 2 heteroatoms. The van der Waals surface area contributed by atoms with Gasteiger partial charge in [-0.25, -0.2) is 0 Å². The fourth-order valence-corrected chi connectivity index (χ4v) is 2.02. The SMILES string of the molecule is C=Cc1cc(SC)cc(SC)c1. The van der Waals surface area contributed by atoms with Gasteiger partial charge < -0.3 is 0 Å². The smallest absolute Gasteiger partial charge is 0.00862 e. The summed E-state index contributed by atoms with van der Waals surface area (Å²) < 4.78 is 0. The molecule has 0 atom stereocenters. The lowest BCUT2D eigenvalue weighted by atomic mass is 10.2. The average molecular weight is 196 g/mol. The van der Waals surface area contributed by atoms with Gasteiger partial charge in [-0.3, -0.25) is 0 Å². The average Bonchev–Trinajstić information content (AvgIpc) is 2.16. The zero-order chi connectivity index (χ0) is 8.97. The van der Waals surface area contributed by atoms with Crippen LogP contribution in [-0.2, 0) is 0 Å². The van der Waals surface area contributed by atoms with Gasteiger partial charge in [-0.05, 0) is 36.3 Å². The predicted octanol–water partition coefficient (Wildman–Crippen LogP) is 3.77. The molecule has 0 saturated carbocycles. The van der Waals surface area contributed by atoms with Crippen LogP contribution in [0.2, 0.25) is 0 Å². The van der Waals surface area contributed by atoms with E-state index in [4.69, 9.17) is 0 Å². The lowest BCUT2D eigenvalue weighted by Gasteiger charge is -2.02. The third-order valence-corrected chi connectivity index (χ3v) is 3.02. The number of hydrogen-bond donors (Lipinski definition) is 0. The Labute approximate surface area is 82.4 Å². The third-order valence-electron chi connectivity index (χ3n) is 1.61. The Hall–Kier alpha value is -0.340.